The van der Waals surface area contributed by atoms with Crippen molar-refractivity contribution in [1.82, 2.24) is 30.8 Å². The zero-order valence-electron chi connectivity index (χ0n) is 28.7. The van der Waals surface area contributed by atoms with E-state index < -0.39 is 36.2 Å². The average Bonchev–Trinajstić information content (AvgIpc) is 3.58. The van der Waals surface area contributed by atoms with Gasteiger partial charge in [0.25, 0.3) is 0 Å². The second kappa shape index (κ2) is 18.1. The Hall–Kier alpha value is -4.33. The molecule has 0 saturated heterocycles. The number of aromatic nitrogens is 2. The largest absolute Gasteiger partial charge is 0.444 e. The Morgan fingerprint density at radius 3 is 2.22 bits per heavy atom. The molecule has 4 aromatic rings. The van der Waals surface area contributed by atoms with Crippen molar-refractivity contribution in [1.29, 1.82) is 0 Å². The molecule has 1 unspecified atom stereocenters. The molecule has 0 aliphatic heterocycles. The number of aliphatic hydroxyl groups excluding tert-OH is 1. The van der Waals surface area contributed by atoms with Gasteiger partial charge in [-0.05, 0) is 50.2 Å². The topological polar surface area (TPSA) is 146 Å². The fourth-order valence-corrected chi connectivity index (χ4v) is 6.92. The lowest BCUT2D eigenvalue weighted by Crippen LogP contribution is -2.55. The van der Waals surface area contributed by atoms with Gasteiger partial charge < -0.3 is 30.7 Å². The summed E-state index contributed by atoms with van der Waals surface area (Å²) in [6, 6.07) is 17.0. The quantitative estimate of drug-likeness (QED) is 0.108. The second-order valence-corrected chi connectivity index (χ2v) is 14.9. The van der Waals surface area contributed by atoms with Crippen molar-refractivity contribution in [2.24, 2.45) is 0 Å². The molecule has 2 aromatic heterocycles. The molecule has 4 N–H and O–H groups in total. The highest BCUT2D eigenvalue weighted by Gasteiger charge is 2.35. The number of hydrogen-bond acceptors (Lipinski definition) is 9. The standard InChI is InChI=1S/C37H46N6O5S2/c1-24(2)35-40-29(22-49-35)20-43(30-14-15-30)36(46)39-25(3)34(45)42-32(17-27-12-8-5-9-13-27)33(44)18-28(16-26-10-6-4-7-11-26)41-37(47)48-21-31-19-38-23-50-31/h4-13,19,22-25,28,30,32-33,44H,14-18,20-21H2,1-3H3,(H,39,46)(H,41,47)(H,42,45)/t25?,28-,32-,33-/m0/s1. The third-order valence-corrected chi connectivity index (χ3v) is 10.4. The third-order valence-electron chi connectivity index (χ3n) is 8.47. The van der Waals surface area contributed by atoms with Gasteiger partial charge in [-0.3, -0.25) is 9.78 Å². The summed E-state index contributed by atoms with van der Waals surface area (Å²) in [5, 5.41) is 23.5. The second-order valence-electron chi connectivity index (χ2n) is 13.0. The van der Waals surface area contributed by atoms with Crippen LogP contribution in [0, 0.1) is 0 Å². The Morgan fingerprint density at radius 1 is 0.940 bits per heavy atom. The highest BCUT2D eigenvalue weighted by Crippen LogP contribution is 2.29. The minimum Gasteiger partial charge on any atom is -0.444 e. The third kappa shape index (κ3) is 11.4. The predicted molar refractivity (Wildman–Crippen MR) is 195 cm³/mol. The van der Waals surface area contributed by atoms with Crippen LogP contribution in [0.1, 0.15) is 72.7 Å². The van der Waals surface area contributed by atoms with E-state index in [2.05, 4.69) is 34.8 Å². The first-order valence-corrected chi connectivity index (χ1v) is 18.8. The van der Waals surface area contributed by atoms with Gasteiger partial charge in [0, 0.05) is 29.6 Å². The van der Waals surface area contributed by atoms with Crippen LogP contribution in [0.25, 0.3) is 0 Å². The molecule has 1 aliphatic rings. The molecule has 1 aliphatic carbocycles. The summed E-state index contributed by atoms with van der Waals surface area (Å²) >= 11 is 2.99. The predicted octanol–water partition coefficient (Wildman–Crippen LogP) is 5.80. The first-order chi connectivity index (χ1) is 24.1. The maximum absolute atomic E-state index is 13.6. The number of nitrogens with zero attached hydrogens (tertiary/aromatic N) is 3. The van der Waals surface area contributed by atoms with Crippen LogP contribution in [0.2, 0.25) is 0 Å². The summed E-state index contributed by atoms with van der Waals surface area (Å²) in [6.45, 7) is 6.30. The van der Waals surface area contributed by atoms with Crippen molar-refractivity contribution >= 4 is 40.7 Å². The zero-order valence-corrected chi connectivity index (χ0v) is 30.3. The van der Waals surface area contributed by atoms with E-state index in [-0.39, 0.29) is 25.1 Å². The SMILES string of the molecule is CC(NC(=O)N(Cc1csc(C(C)C)n1)C1CC1)C(=O)N[C@@H](Cc1ccccc1)[C@@H](O)C[C@H](Cc1ccccc1)NC(=O)OCc1cncs1. The lowest BCUT2D eigenvalue weighted by molar-refractivity contribution is -0.124. The van der Waals surface area contributed by atoms with Crippen LogP contribution in [0.4, 0.5) is 9.59 Å². The van der Waals surface area contributed by atoms with E-state index in [1.165, 1.54) is 11.3 Å². The van der Waals surface area contributed by atoms with Crippen LogP contribution in [0.3, 0.4) is 0 Å². The average molecular weight is 719 g/mol. The molecule has 2 aromatic carbocycles. The lowest BCUT2D eigenvalue weighted by Gasteiger charge is -2.30. The minimum absolute atomic E-state index is 0.0916. The summed E-state index contributed by atoms with van der Waals surface area (Å²) in [7, 11) is 0. The van der Waals surface area contributed by atoms with E-state index in [4.69, 9.17) is 9.72 Å². The van der Waals surface area contributed by atoms with Crippen molar-refractivity contribution in [2.45, 2.75) is 102 Å². The number of benzene rings is 2. The number of amides is 4. The van der Waals surface area contributed by atoms with Crippen LogP contribution in [0.5, 0.6) is 0 Å². The molecule has 13 heteroatoms. The number of urea groups is 1. The molecule has 4 amide bonds. The molecule has 266 valence electrons. The van der Waals surface area contributed by atoms with Crippen molar-refractivity contribution in [3.05, 3.63) is 104 Å². The van der Waals surface area contributed by atoms with Crippen molar-refractivity contribution < 1.29 is 24.2 Å². The van der Waals surface area contributed by atoms with Gasteiger partial charge in [-0.25, -0.2) is 14.6 Å². The van der Waals surface area contributed by atoms with E-state index in [1.807, 2.05) is 66.0 Å². The number of carbonyl (C=O) groups is 3. The summed E-state index contributed by atoms with van der Waals surface area (Å²) < 4.78 is 5.44. The summed E-state index contributed by atoms with van der Waals surface area (Å²) in [6.07, 6.45) is 2.76. The monoisotopic (exact) mass is 718 g/mol. The Labute approximate surface area is 301 Å². The van der Waals surface area contributed by atoms with Gasteiger partial charge in [-0.1, -0.05) is 74.5 Å². The molecular formula is C37H46N6O5S2. The number of ether oxygens (including phenoxy) is 1. The lowest BCUT2D eigenvalue weighted by atomic mass is 9.93. The summed E-state index contributed by atoms with van der Waals surface area (Å²) in [4.78, 5) is 51.2. The normalized spacial score (nSPS) is 15.1. The number of nitrogens with one attached hydrogen (secondary N) is 3. The van der Waals surface area contributed by atoms with Gasteiger partial charge in [-0.2, -0.15) is 0 Å². The van der Waals surface area contributed by atoms with Gasteiger partial charge in [0.2, 0.25) is 5.91 Å². The highest BCUT2D eigenvalue weighted by molar-refractivity contribution is 7.09. The maximum Gasteiger partial charge on any atom is 0.407 e. The number of aliphatic hydroxyl groups is 1. The van der Waals surface area contributed by atoms with Crippen LogP contribution in [-0.4, -0.2) is 68.3 Å². The van der Waals surface area contributed by atoms with E-state index in [1.54, 1.807) is 34.9 Å². The molecule has 1 fully saturated rings. The molecule has 4 atom stereocenters. The fraction of sp³-hybridized carbons (Fsp3) is 0.432. The Kier molecular flexibility index (Phi) is 13.3. The first kappa shape index (κ1) is 36.9. The highest BCUT2D eigenvalue weighted by atomic mass is 32.1. The van der Waals surface area contributed by atoms with Crippen LogP contribution in [0.15, 0.2) is 77.8 Å². The van der Waals surface area contributed by atoms with E-state index in [9.17, 15) is 19.5 Å². The number of rotatable bonds is 17. The molecule has 50 heavy (non-hydrogen) atoms. The van der Waals surface area contributed by atoms with Gasteiger partial charge in [-0.15, -0.1) is 22.7 Å². The Balaban J connectivity index is 1.24. The molecule has 2 heterocycles. The van der Waals surface area contributed by atoms with Crippen LogP contribution < -0.4 is 16.0 Å². The summed E-state index contributed by atoms with van der Waals surface area (Å²) in [5.74, 6) is -0.103. The Morgan fingerprint density at radius 2 is 1.62 bits per heavy atom. The van der Waals surface area contributed by atoms with Crippen molar-refractivity contribution in [2.75, 3.05) is 0 Å². The molecule has 5 rings (SSSR count). The van der Waals surface area contributed by atoms with Crippen molar-refractivity contribution in [3.8, 4) is 0 Å². The van der Waals surface area contributed by atoms with Crippen LogP contribution in [-0.2, 0) is 35.5 Å². The Bertz CT molecular complexity index is 1650. The summed E-state index contributed by atoms with van der Waals surface area (Å²) in [5.41, 5.74) is 4.42. The van der Waals surface area contributed by atoms with Gasteiger partial charge in [0.15, 0.2) is 0 Å². The van der Waals surface area contributed by atoms with E-state index in [0.29, 0.717) is 25.3 Å². The fourth-order valence-electron chi connectivity index (χ4n) is 5.59. The number of hydrogen-bond donors (Lipinski definition) is 4. The van der Waals surface area contributed by atoms with Gasteiger partial charge >= 0.3 is 12.1 Å². The molecule has 11 nitrogen and oxygen atoms in total. The number of alkyl carbamates (subject to hydrolysis) is 1. The van der Waals surface area contributed by atoms with Gasteiger partial charge in [0.05, 0.1) is 39.8 Å². The molecule has 1 saturated carbocycles. The zero-order chi connectivity index (χ0) is 35.5. The first-order valence-electron chi connectivity index (χ1n) is 17.0. The molecule has 0 spiro atoms. The maximum atomic E-state index is 13.6. The van der Waals surface area contributed by atoms with E-state index in [0.717, 1.165) is 39.5 Å². The molecule has 0 bridgehead atoms. The molecular weight excluding hydrogens is 673 g/mol. The van der Waals surface area contributed by atoms with E-state index >= 15 is 0 Å². The molecule has 0 radical (unpaired) electrons. The number of thiazole rings is 2. The van der Waals surface area contributed by atoms with Crippen molar-refractivity contribution in [3.63, 3.8) is 0 Å². The van der Waals surface area contributed by atoms with Gasteiger partial charge in [0.1, 0.15) is 12.6 Å². The van der Waals surface area contributed by atoms with Crippen LogP contribution >= 0.6 is 22.7 Å². The minimum atomic E-state index is -1.04. The number of carbonyl (C=O) groups excluding carboxylic acids is 3. The smallest absolute Gasteiger partial charge is 0.407 e.